The van der Waals surface area contributed by atoms with Gasteiger partial charge in [0, 0.05) is 19.1 Å². The molecule has 1 saturated carbocycles. The Kier molecular flexibility index (Phi) is 8.03. The molecule has 0 bridgehead atoms. The number of hydrogen-bond donors (Lipinski definition) is 3. The van der Waals surface area contributed by atoms with Gasteiger partial charge in [0.15, 0.2) is 5.96 Å². The van der Waals surface area contributed by atoms with E-state index in [4.69, 9.17) is 0 Å². The summed E-state index contributed by atoms with van der Waals surface area (Å²) in [7, 11) is -3.13. The Labute approximate surface area is 129 Å². The van der Waals surface area contributed by atoms with Gasteiger partial charge < -0.3 is 10.6 Å². The molecule has 1 rings (SSSR count). The summed E-state index contributed by atoms with van der Waals surface area (Å²) in [4.78, 5) is 4.43. The first-order valence-electron chi connectivity index (χ1n) is 7.94. The Hall–Kier alpha value is -0.820. The van der Waals surface area contributed by atoms with Crippen LogP contribution >= 0.6 is 0 Å². The third-order valence-electron chi connectivity index (χ3n) is 3.79. The van der Waals surface area contributed by atoms with Crippen molar-refractivity contribution in [2.24, 2.45) is 10.9 Å². The highest BCUT2D eigenvalue weighted by Gasteiger charge is 2.21. The number of hydrogen-bond acceptors (Lipinski definition) is 3. The molecule has 0 amide bonds. The molecule has 7 heteroatoms. The SMILES string of the molecule is CCNC(=NCCNS(C)(=O)=O)NC1CCCC(CC)C1. The van der Waals surface area contributed by atoms with Crippen molar-refractivity contribution in [3.8, 4) is 0 Å². The van der Waals surface area contributed by atoms with E-state index in [0.717, 1.165) is 24.7 Å². The fraction of sp³-hybridized carbons (Fsp3) is 0.929. The molecule has 0 saturated heterocycles. The minimum atomic E-state index is -3.13. The molecule has 2 unspecified atom stereocenters. The van der Waals surface area contributed by atoms with E-state index in [-0.39, 0.29) is 0 Å². The molecule has 0 aromatic carbocycles. The second kappa shape index (κ2) is 9.25. The quantitative estimate of drug-likeness (QED) is 0.372. The summed E-state index contributed by atoms with van der Waals surface area (Å²) in [5.41, 5.74) is 0. The minimum absolute atomic E-state index is 0.331. The highest BCUT2D eigenvalue weighted by atomic mass is 32.2. The fourth-order valence-corrected chi connectivity index (χ4v) is 3.17. The first-order valence-corrected chi connectivity index (χ1v) is 9.83. The van der Waals surface area contributed by atoms with E-state index in [0.29, 0.717) is 19.1 Å². The van der Waals surface area contributed by atoms with Crippen LogP contribution < -0.4 is 15.4 Å². The van der Waals surface area contributed by atoms with Crippen LogP contribution in [-0.2, 0) is 10.0 Å². The van der Waals surface area contributed by atoms with Gasteiger partial charge in [-0.3, -0.25) is 4.99 Å². The largest absolute Gasteiger partial charge is 0.357 e. The van der Waals surface area contributed by atoms with Crippen LogP contribution in [0.2, 0.25) is 0 Å². The normalized spacial score (nSPS) is 23.9. The number of rotatable bonds is 7. The van der Waals surface area contributed by atoms with E-state index >= 15 is 0 Å². The lowest BCUT2D eigenvalue weighted by Crippen LogP contribution is -2.45. The summed E-state index contributed by atoms with van der Waals surface area (Å²) < 4.78 is 24.4. The van der Waals surface area contributed by atoms with Crippen LogP contribution in [0.25, 0.3) is 0 Å². The lowest BCUT2D eigenvalue weighted by atomic mass is 9.84. The molecule has 0 radical (unpaired) electrons. The van der Waals surface area contributed by atoms with Crippen molar-refractivity contribution in [1.29, 1.82) is 0 Å². The summed E-state index contributed by atoms with van der Waals surface area (Å²) in [6, 6.07) is 0.476. The molecule has 0 heterocycles. The van der Waals surface area contributed by atoms with E-state index < -0.39 is 10.0 Å². The Morgan fingerprint density at radius 3 is 2.67 bits per heavy atom. The highest BCUT2D eigenvalue weighted by Crippen LogP contribution is 2.26. The zero-order valence-corrected chi connectivity index (χ0v) is 14.3. The summed E-state index contributed by atoms with van der Waals surface area (Å²) in [5, 5.41) is 6.70. The molecule has 1 aliphatic rings. The highest BCUT2D eigenvalue weighted by molar-refractivity contribution is 7.88. The van der Waals surface area contributed by atoms with Crippen molar-refractivity contribution in [3.05, 3.63) is 0 Å². The maximum Gasteiger partial charge on any atom is 0.208 e. The van der Waals surface area contributed by atoms with Gasteiger partial charge in [0.1, 0.15) is 0 Å². The molecule has 1 aliphatic carbocycles. The van der Waals surface area contributed by atoms with E-state index in [1.54, 1.807) is 0 Å². The fourth-order valence-electron chi connectivity index (χ4n) is 2.70. The number of aliphatic imine (C=N–C) groups is 1. The van der Waals surface area contributed by atoms with Crippen molar-refractivity contribution in [1.82, 2.24) is 15.4 Å². The Bertz CT molecular complexity index is 423. The average molecular weight is 318 g/mol. The zero-order chi connectivity index (χ0) is 15.7. The van der Waals surface area contributed by atoms with Crippen LogP contribution in [-0.4, -0.2) is 46.3 Å². The smallest absolute Gasteiger partial charge is 0.208 e. The Morgan fingerprint density at radius 1 is 1.29 bits per heavy atom. The van der Waals surface area contributed by atoms with Crippen LogP contribution in [0.15, 0.2) is 4.99 Å². The van der Waals surface area contributed by atoms with Crippen LogP contribution in [0.3, 0.4) is 0 Å². The third kappa shape index (κ3) is 8.26. The minimum Gasteiger partial charge on any atom is -0.357 e. The number of guanidine groups is 1. The molecule has 124 valence electrons. The first-order chi connectivity index (χ1) is 9.94. The topological polar surface area (TPSA) is 82.6 Å². The maximum absolute atomic E-state index is 11.0. The predicted molar refractivity (Wildman–Crippen MR) is 88.0 cm³/mol. The molecular formula is C14H30N4O2S. The van der Waals surface area contributed by atoms with Gasteiger partial charge in [0.2, 0.25) is 10.0 Å². The standard InChI is InChI=1S/C14H30N4O2S/c1-4-12-7-6-8-13(11-12)18-14(15-5-2)16-9-10-17-21(3,19)20/h12-13,17H,4-11H2,1-3H3,(H2,15,16,18). The van der Waals surface area contributed by atoms with E-state index in [2.05, 4.69) is 27.3 Å². The number of nitrogens with zero attached hydrogens (tertiary/aromatic N) is 1. The zero-order valence-electron chi connectivity index (χ0n) is 13.5. The maximum atomic E-state index is 11.0. The van der Waals surface area contributed by atoms with E-state index in [9.17, 15) is 8.42 Å². The molecule has 1 fully saturated rings. The van der Waals surface area contributed by atoms with Crippen molar-refractivity contribution in [2.75, 3.05) is 25.9 Å². The Balaban J connectivity index is 2.44. The average Bonchev–Trinajstić information content (AvgIpc) is 2.43. The lowest BCUT2D eigenvalue weighted by molar-refractivity contribution is 0.298. The molecule has 0 aromatic rings. The molecule has 6 nitrogen and oxygen atoms in total. The van der Waals surface area contributed by atoms with Crippen LogP contribution in [0.1, 0.15) is 46.0 Å². The third-order valence-corrected chi connectivity index (χ3v) is 4.52. The van der Waals surface area contributed by atoms with E-state index in [1.165, 1.54) is 32.1 Å². The molecule has 0 aliphatic heterocycles. The second-order valence-electron chi connectivity index (χ2n) is 5.71. The van der Waals surface area contributed by atoms with Crippen molar-refractivity contribution in [3.63, 3.8) is 0 Å². The number of sulfonamides is 1. The molecule has 3 N–H and O–H groups in total. The monoisotopic (exact) mass is 318 g/mol. The summed E-state index contributed by atoms with van der Waals surface area (Å²) in [6.07, 6.45) is 7.38. The van der Waals surface area contributed by atoms with Gasteiger partial charge in [-0.2, -0.15) is 0 Å². The van der Waals surface area contributed by atoms with Gasteiger partial charge in [-0.1, -0.05) is 26.2 Å². The van der Waals surface area contributed by atoms with Crippen LogP contribution in [0.4, 0.5) is 0 Å². The molecular weight excluding hydrogens is 288 g/mol. The van der Waals surface area contributed by atoms with Crippen LogP contribution in [0, 0.1) is 5.92 Å². The molecule has 21 heavy (non-hydrogen) atoms. The predicted octanol–water partition coefficient (Wildman–Crippen LogP) is 1.06. The van der Waals surface area contributed by atoms with Gasteiger partial charge in [-0.15, -0.1) is 0 Å². The molecule has 0 aromatic heterocycles. The summed E-state index contributed by atoms with van der Waals surface area (Å²) in [6.45, 7) is 5.85. The molecule has 0 spiro atoms. The van der Waals surface area contributed by atoms with Gasteiger partial charge >= 0.3 is 0 Å². The van der Waals surface area contributed by atoms with E-state index in [1.807, 2.05) is 6.92 Å². The second-order valence-corrected chi connectivity index (χ2v) is 7.54. The van der Waals surface area contributed by atoms with Gasteiger partial charge in [0.05, 0.1) is 12.8 Å². The summed E-state index contributed by atoms with van der Waals surface area (Å²) in [5.74, 6) is 1.60. The summed E-state index contributed by atoms with van der Waals surface area (Å²) >= 11 is 0. The van der Waals surface area contributed by atoms with Gasteiger partial charge in [-0.25, -0.2) is 13.1 Å². The van der Waals surface area contributed by atoms with Crippen molar-refractivity contribution in [2.45, 2.75) is 52.0 Å². The van der Waals surface area contributed by atoms with Crippen molar-refractivity contribution >= 4 is 16.0 Å². The first kappa shape index (κ1) is 18.2. The lowest BCUT2D eigenvalue weighted by Gasteiger charge is -2.30. The van der Waals surface area contributed by atoms with Crippen LogP contribution in [0.5, 0.6) is 0 Å². The number of nitrogens with one attached hydrogen (secondary N) is 3. The van der Waals surface area contributed by atoms with Crippen molar-refractivity contribution < 1.29 is 8.42 Å². The van der Waals surface area contributed by atoms with Gasteiger partial charge in [0.25, 0.3) is 0 Å². The molecule has 2 atom stereocenters. The van der Waals surface area contributed by atoms with Gasteiger partial charge in [-0.05, 0) is 25.7 Å². The Morgan fingerprint density at radius 2 is 2.05 bits per heavy atom.